The van der Waals surface area contributed by atoms with Crippen LogP contribution in [0.4, 0.5) is 8.78 Å². The zero-order valence-electron chi connectivity index (χ0n) is 6.98. The summed E-state index contributed by atoms with van der Waals surface area (Å²) in [5.41, 5.74) is 0.339. The maximum Gasteiger partial charge on any atom is 0.216 e. The molecule has 0 spiro atoms. The predicted octanol–water partition coefficient (Wildman–Crippen LogP) is 1.82. The highest BCUT2D eigenvalue weighted by atomic mass is 19.1. The third-order valence-corrected chi connectivity index (χ3v) is 1.58. The Morgan fingerprint density at radius 3 is 2.50 bits per heavy atom. The van der Waals surface area contributed by atoms with Gasteiger partial charge >= 0.3 is 0 Å². The monoisotopic (exact) mass is 193 g/mol. The molecule has 0 saturated heterocycles. The molecule has 3 nitrogen and oxygen atoms in total. The number of nitrogens with zero attached hydrogens (tertiary/aromatic N) is 3. The highest BCUT2D eigenvalue weighted by molar-refractivity contribution is 5.47. The molecule has 14 heavy (non-hydrogen) atoms. The van der Waals surface area contributed by atoms with Gasteiger partial charge in [0.2, 0.25) is 5.95 Å². The number of aromatic nitrogens is 3. The van der Waals surface area contributed by atoms with Gasteiger partial charge in [0.15, 0.2) is 5.82 Å². The first-order valence-corrected chi connectivity index (χ1v) is 3.86. The number of pyridine rings is 1. The molecule has 0 aromatic carbocycles. The molecule has 0 amide bonds. The third-order valence-electron chi connectivity index (χ3n) is 1.58. The summed E-state index contributed by atoms with van der Waals surface area (Å²) < 4.78 is 25.2. The molecular formula is C9H5F2N3. The van der Waals surface area contributed by atoms with Crippen molar-refractivity contribution in [3.8, 4) is 11.5 Å². The molecular weight excluding hydrogens is 188 g/mol. The fourth-order valence-electron chi connectivity index (χ4n) is 0.968. The summed E-state index contributed by atoms with van der Waals surface area (Å²) in [5, 5.41) is 0. The van der Waals surface area contributed by atoms with Gasteiger partial charge in [-0.1, -0.05) is 0 Å². The van der Waals surface area contributed by atoms with Crippen LogP contribution in [0, 0.1) is 11.8 Å². The molecule has 2 rings (SSSR count). The van der Waals surface area contributed by atoms with Crippen molar-refractivity contribution in [2.24, 2.45) is 0 Å². The smallest absolute Gasteiger partial charge is 0.216 e. The van der Waals surface area contributed by atoms with E-state index < -0.39 is 11.8 Å². The van der Waals surface area contributed by atoms with Gasteiger partial charge in [-0.25, -0.2) is 14.4 Å². The highest BCUT2D eigenvalue weighted by Gasteiger charge is 2.03. The van der Waals surface area contributed by atoms with Crippen LogP contribution in [0.25, 0.3) is 11.5 Å². The second-order valence-corrected chi connectivity index (χ2v) is 2.56. The van der Waals surface area contributed by atoms with E-state index in [1.165, 1.54) is 18.3 Å². The Kier molecular flexibility index (Phi) is 2.14. The predicted molar refractivity (Wildman–Crippen MR) is 45.2 cm³/mol. The lowest BCUT2D eigenvalue weighted by Crippen LogP contribution is -1.93. The maximum atomic E-state index is 12.7. The Balaban J connectivity index is 2.44. The van der Waals surface area contributed by atoms with Crippen molar-refractivity contribution in [3.05, 3.63) is 42.4 Å². The van der Waals surface area contributed by atoms with Gasteiger partial charge in [0.05, 0.1) is 6.20 Å². The van der Waals surface area contributed by atoms with Crippen LogP contribution in [0.5, 0.6) is 0 Å². The van der Waals surface area contributed by atoms with Crippen LogP contribution in [-0.4, -0.2) is 15.0 Å². The molecule has 0 aliphatic heterocycles. The van der Waals surface area contributed by atoms with E-state index in [9.17, 15) is 8.78 Å². The second-order valence-electron chi connectivity index (χ2n) is 2.56. The van der Waals surface area contributed by atoms with Gasteiger partial charge in [-0.05, 0) is 12.1 Å². The van der Waals surface area contributed by atoms with Crippen molar-refractivity contribution in [1.82, 2.24) is 15.0 Å². The average Bonchev–Trinajstić information content (AvgIpc) is 2.19. The SMILES string of the molecule is Fc1ccc(-c2nccc(F)n2)nc1. The van der Waals surface area contributed by atoms with Crippen LogP contribution < -0.4 is 0 Å². The number of hydrogen-bond donors (Lipinski definition) is 0. The van der Waals surface area contributed by atoms with Crippen molar-refractivity contribution >= 4 is 0 Å². The molecule has 70 valence electrons. The normalized spacial score (nSPS) is 10.1. The van der Waals surface area contributed by atoms with E-state index in [1.807, 2.05) is 0 Å². The minimum atomic E-state index is -0.638. The van der Waals surface area contributed by atoms with Crippen LogP contribution in [0.1, 0.15) is 0 Å². The van der Waals surface area contributed by atoms with Gasteiger partial charge in [0.25, 0.3) is 0 Å². The second kappa shape index (κ2) is 3.45. The lowest BCUT2D eigenvalue weighted by molar-refractivity contribution is 0.581. The summed E-state index contributed by atoms with van der Waals surface area (Å²) in [7, 11) is 0. The van der Waals surface area contributed by atoms with Crippen LogP contribution in [0.2, 0.25) is 0 Å². The average molecular weight is 193 g/mol. The van der Waals surface area contributed by atoms with Gasteiger partial charge in [0, 0.05) is 12.3 Å². The van der Waals surface area contributed by atoms with Crippen LogP contribution >= 0.6 is 0 Å². The Bertz CT molecular complexity index is 442. The molecule has 0 bridgehead atoms. The van der Waals surface area contributed by atoms with Gasteiger partial charge in [0.1, 0.15) is 11.5 Å². The fourth-order valence-corrected chi connectivity index (χ4v) is 0.968. The van der Waals surface area contributed by atoms with E-state index in [1.54, 1.807) is 0 Å². The first-order valence-electron chi connectivity index (χ1n) is 3.86. The first kappa shape index (κ1) is 8.68. The van der Waals surface area contributed by atoms with E-state index in [4.69, 9.17) is 0 Å². The lowest BCUT2D eigenvalue weighted by atomic mass is 10.3. The molecule has 0 radical (unpaired) electrons. The molecule has 2 aromatic heterocycles. The van der Waals surface area contributed by atoms with Crippen LogP contribution in [0.3, 0.4) is 0 Å². The van der Waals surface area contributed by atoms with Gasteiger partial charge in [-0.15, -0.1) is 0 Å². The first-order chi connectivity index (χ1) is 6.75. The Morgan fingerprint density at radius 1 is 1.00 bits per heavy atom. The summed E-state index contributed by atoms with van der Waals surface area (Å²) in [4.78, 5) is 11.0. The Morgan fingerprint density at radius 2 is 1.86 bits per heavy atom. The molecule has 0 fully saturated rings. The minimum Gasteiger partial charge on any atom is -0.250 e. The van der Waals surface area contributed by atoms with Crippen LogP contribution in [0.15, 0.2) is 30.6 Å². The largest absolute Gasteiger partial charge is 0.250 e. The summed E-state index contributed by atoms with van der Waals surface area (Å²) in [6.45, 7) is 0. The van der Waals surface area contributed by atoms with Crippen molar-refractivity contribution in [3.63, 3.8) is 0 Å². The molecule has 2 aromatic rings. The standard InChI is InChI=1S/C9H5F2N3/c10-6-1-2-7(13-5-6)9-12-4-3-8(11)14-9/h1-5H. The van der Waals surface area contributed by atoms with Crippen LogP contribution in [-0.2, 0) is 0 Å². The van der Waals surface area contributed by atoms with Crippen molar-refractivity contribution in [2.75, 3.05) is 0 Å². The van der Waals surface area contributed by atoms with Crippen molar-refractivity contribution in [2.45, 2.75) is 0 Å². The van der Waals surface area contributed by atoms with E-state index >= 15 is 0 Å². The topological polar surface area (TPSA) is 38.7 Å². The number of hydrogen-bond acceptors (Lipinski definition) is 3. The van der Waals surface area contributed by atoms with Gasteiger partial charge < -0.3 is 0 Å². The molecule has 0 saturated carbocycles. The highest BCUT2D eigenvalue weighted by Crippen LogP contribution is 2.10. The summed E-state index contributed by atoms with van der Waals surface area (Å²) in [6.07, 6.45) is 2.31. The Labute approximate surface area is 78.5 Å². The minimum absolute atomic E-state index is 0.144. The van der Waals surface area contributed by atoms with E-state index in [-0.39, 0.29) is 5.82 Å². The molecule has 0 aliphatic carbocycles. The number of halogens is 2. The molecule has 2 heterocycles. The van der Waals surface area contributed by atoms with Gasteiger partial charge in [-0.3, -0.25) is 0 Å². The zero-order chi connectivity index (χ0) is 9.97. The summed E-state index contributed by atoms with van der Waals surface area (Å²) in [6, 6.07) is 3.74. The van der Waals surface area contributed by atoms with E-state index in [2.05, 4.69) is 15.0 Å². The third kappa shape index (κ3) is 1.71. The quantitative estimate of drug-likeness (QED) is 0.648. The molecule has 0 atom stereocenters. The summed E-state index contributed by atoms with van der Waals surface area (Å²) >= 11 is 0. The molecule has 0 aliphatic rings. The molecule has 5 heteroatoms. The Hall–Kier alpha value is -1.91. The fraction of sp³-hybridized carbons (Fsp3) is 0. The maximum absolute atomic E-state index is 12.7. The lowest BCUT2D eigenvalue weighted by Gasteiger charge is -1.97. The molecule has 0 unspecified atom stereocenters. The number of rotatable bonds is 1. The summed E-state index contributed by atoms with van der Waals surface area (Å²) in [5.74, 6) is -0.948. The molecule has 0 N–H and O–H groups in total. The zero-order valence-corrected chi connectivity index (χ0v) is 6.98. The van der Waals surface area contributed by atoms with Crippen molar-refractivity contribution < 1.29 is 8.78 Å². The van der Waals surface area contributed by atoms with Crippen molar-refractivity contribution in [1.29, 1.82) is 0 Å². The van der Waals surface area contributed by atoms with E-state index in [0.717, 1.165) is 12.3 Å². The van der Waals surface area contributed by atoms with E-state index in [0.29, 0.717) is 5.69 Å². The van der Waals surface area contributed by atoms with Gasteiger partial charge in [-0.2, -0.15) is 9.37 Å².